The summed E-state index contributed by atoms with van der Waals surface area (Å²) in [6.07, 6.45) is 0. The molecule has 18 heavy (non-hydrogen) atoms. The van der Waals surface area contributed by atoms with Gasteiger partial charge in [0.05, 0.1) is 7.11 Å². The summed E-state index contributed by atoms with van der Waals surface area (Å²) in [5.41, 5.74) is 2.16. The fourth-order valence-electron chi connectivity index (χ4n) is 1.82. The number of ether oxygens (including phenoxy) is 1. The molecule has 0 atom stereocenters. The van der Waals surface area contributed by atoms with Crippen molar-refractivity contribution >= 4 is 17.4 Å². The molecule has 0 aromatic heterocycles. The van der Waals surface area contributed by atoms with Crippen LogP contribution in [0.3, 0.4) is 0 Å². The Morgan fingerprint density at radius 3 is 2.44 bits per heavy atom. The van der Waals surface area contributed by atoms with E-state index < -0.39 is 0 Å². The minimum atomic E-state index is -0.0387. The van der Waals surface area contributed by atoms with E-state index in [0.29, 0.717) is 16.1 Å². The van der Waals surface area contributed by atoms with Crippen molar-refractivity contribution < 1.29 is 9.53 Å². The van der Waals surface area contributed by atoms with Crippen molar-refractivity contribution in [2.45, 2.75) is 6.92 Å². The van der Waals surface area contributed by atoms with Crippen molar-refractivity contribution in [3.05, 3.63) is 64.2 Å². The smallest absolute Gasteiger partial charge is 0.193 e. The van der Waals surface area contributed by atoms with E-state index in [4.69, 9.17) is 16.3 Å². The number of benzene rings is 2. The normalized spacial score (nSPS) is 10.2. The third-order valence-electron chi connectivity index (χ3n) is 2.74. The van der Waals surface area contributed by atoms with Crippen LogP contribution < -0.4 is 4.74 Å². The minimum absolute atomic E-state index is 0.0387. The highest BCUT2D eigenvalue weighted by Gasteiger charge is 2.10. The molecule has 0 saturated carbocycles. The molecule has 2 rings (SSSR count). The largest absolute Gasteiger partial charge is 0.496 e. The van der Waals surface area contributed by atoms with Crippen LogP contribution in [-0.4, -0.2) is 12.9 Å². The molecule has 0 saturated heterocycles. The van der Waals surface area contributed by atoms with Gasteiger partial charge in [-0.3, -0.25) is 4.79 Å². The molecule has 0 radical (unpaired) electrons. The lowest BCUT2D eigenvalue weighted by Gasteiger charge is -2.07. The molecular weight excluding hydrogens is 248 g/mol. The fraction of sp³-hybridized carbons (Fsp3) is 0.133. The van der Waals surface area contributed by atoms with Crippen LogP contribution in [0.15, 0.2) is 42.5 Å². The topological polar surface area (TPSA) is 26.3 Å². The van der Waals surface area contributed by atoms with Crippen molar-refractivity contribution in [1.82, 2.24) is 0 Å². The van der Waals surface area contributed by atoms with Crippen molar-refractivity contribution in [2.24, 2.45) is 0 Å². The van der Waals surface area contributed by atoms with E-state index in [9.17, 15) is 4.79 Å². The van der Waals surface area contributed by atoms with Gasteiger partial charge in [0, 0.05) is 16.1 Å². The minimum Gasteiger partial charge on any atom is -0.496 e. The number of ketones is 1. The molecule has 0 aliphatic heterocycles. The second-order valence-electron chi connectivity index (χ2n) is 4.02. The first-order chi connectivity index (χ1) is 8.61. The van der Waals surface area contributed by atoms with Gasteiger partial charge in [-0.1, -0.05) is 23.7 Å². The molecule has 2 nitrogen and oxygen atoms in total. The van der Waals surface area contributed by atoms with E-state index >= 15 is 0 Å². The summed E-state index contributed by atoms with van der Waals surface area (Å²) < 4.78 is 5.17. The first-order valence-corrected chi connectivity index (χ1v) is 5.94. The third-order valence-corrected chi connectivity index (χ3v) is 2.98. The van der Waals surface area contributed by atoms with E-state index in [2.05, 4.69) is 0 Å². The maximum Gasteiger partial charge on any atom is 0.193 e. The average molecular weight is 261 g/mol. The van der Waals surface area contributed by atoms with Crippen molar-refractivity contribution in [3.63, 3.8) is 0 Å². The second kappa shape index (κ2) is 5.23. The molecular formula is C15H13ClO2. The quantitative estimate of drug-likeness (QED) is 0.783. The van der Waals surface area contributed by atoms with Crippen molar-refractivity contribution in [3.8, 4) is 5.75 Å². The van der Waals surface area contributed by atoms with Gasteiger partial charge in [-0.15, -0.1) is 0 Å². The number of methoxy groups -OCH3 is 1. The Morgan fingerprint density at radius 1 is 1.11 bits per heavy atom. The SMILES string of the molecule is COc1ccc(C(=O)c2cccc(Cl)c2)cc1C. The number of hydrogen-bond acceptors (Lipinski definition) is 2. The number of aryl methyl sites for hydroxylation is 1. The second-order valence-corrected chi connectivity index (χ2v) is 4.46. The van der Waals surface area contributed by atoms with E-state index in [1.54, 1.807) is 43.5 Å². The molecule has 2 aromatic carbocycles. The monoisotopic (exact) mass is 260 g/mol. The summed E-state index contributed by atoms with van der Waals surface area (Å²) in [7, 11) is 1.61. The van der Waals surface area contributed by atoms with Gasteiger partial charge in [-0.25, -0.2) is 0 Å². The highest BCUT2D eigenvalue weighted by atomic mass is 35.5. The highest BCUT2D eigenvalue weighted by Crippen LogP contribution is 2.21. The molecule has 92 valence electrons. The standard InChI is InChI=1S/C15H13ClO2/c1-10-8-12(6-7-14(10)18-2)15(17)11-4-3-5-13(16)9-11/h3-9H,1-2H3. The first-order valence-electron chi connectivity index (χ1n) is 5.56. The van der Waals surface area contributed by atoms with Crippen LogP contribution >= 0.6 is 11.6 Å². The van der Waals surface area contributed by atoms with Gasteiger partial charge in [0.2, 0.25) is 0 Å². The number of carbonyl (C=O) groups is 1. The molecule has 2 aromatic rings. The molecule has 0 heterocycles. The fourth-order valence-corrected chi connectivity index (χ4v) is 2.01. The lowest BCUT2D eigenvalue weighted by Crippen LogP contribution is -2.02. The summed E-state index contributed by atoms with van der Waals surface area (Å²) in [4.78, 5) is 12.3. The number of carbonyl (C=O) groups excluding carboxylic acids is 1. The van der Waals surface area contributed by atoms with E-state index in [1.807, 2.05) is 13.0 Å². The molecule has 0 fully saturated rings. The lowest BCUT2D eigenvalue weighted by molar-refractivity contribution is 0.103. The summed E-state index contributed by atoms with van der Waals surface area (Å²) in [6, 6.07) is 12.3. The average Bonchev–Trinajstić information content (AvgIpc) is 2.37. The van der Waals surface area contributed by atoms with Crippen molar-refractivity contribution in [1.29, 1.82) is 0 Å². The molecule has 0 amide bonds. The van der Waals surface area contributed by atoms with Gasteiger partial charge in [0.15, 0.2) is 5.78 Å². The number of rotatable bonds is 3. The maximum atomic E-state index is 12.3. The molecule has 0 unspecified atom stereocenters. The van der Waals surface area contributed by atoms with Gasteiger partial charge < -0.3 is 4.74 Å². The zero-order valence-electron chi connectivity index (χ0n) is 10.2. The van der Waals surface area contributed by atoms with Gasteiger partial charge in [0.1, 0.15) is 5.75 Å². The van der Waals surface area contributed by atoms with Crippen LogP contribution in [-0.2, 0) is 0 Å². The molecule has 0 aliphatic carbocycles. The summed E-state index contributed by atoms with van der Waals surface area (Å²) in [6.45, 7) is 1.91. The first kappa shape index (κ1) is 12.7. The maximum absolute atomic E-state index is 12.3. The van der Waals surface area contributed by atoms with E-state index in [0.717, 1.165) is 11.3 Å². The van der Waals surface area contributed by atoms with E-state index in [-0.39, 0.29) is 5.78 Å². The predicted octanol–water partition coefficient (Wildman–Crippen LogP) is 3.89. The van der Waals surface area contributed by atoms with Crippen LogP contribution in [0.2, 0.25) is 5.02 Å². The van der Waals surface area contributed by atoms with Gasteiger partial charge in [0.25, 0.3) is 0 Å². The van der Waals surface area contributed by atoms with Gasteiger partial charge in [-0.05, 0) is 42.8 Å². The Balaban J connectivity index is 2.37. The Morgan fingerprint density at radius 2 is 1.83 bits per heavy atom. The van der Waals surface area contributed by atoms with Gasteiger partial charge in [-0.2, -0.15) is 0 Å². The van der Waals surface area contributed by atoms with Gasteiger partial charge >= 0.3 is 0 Å². The molecule has 0 spiro atoms. The molecule has 0 bridgehead atoms. The lowest BCUT2D eigenvalue weighted by atomic mass is 10.0. The van der Waals surface area contributed by atoms with E-state index in [1.165, 1.54) is 0 Å². The molecule has 3 heteroatoms. The zero-order valence-corrected chi connectivity index (χ0v) is 11.0. The number of hydrogen-bond donors (Lipinski definition) is 0. The van der Waals surface area contributed by atoms with Crippen LogP contribution in [0.25, 0.3) is 0 Å². The molecule has 0 aliphatic rings. The Kier molecular flexibility index (Phi) is 3.68. The third kappa shape index (κ3) is 2.54. The van der Waals surface area contributed by atoms with Crippen molar-refractivity contribution in [2.75, 3.05) is 7.11 Å². The summed E-state index contributed by atoms with van der Waals surface area (Å²) >= 11 is 5.88. The predicted molar refractivity (Wildman–Crippen MR) is 72.6 cm³/mol. The Hall–Kier alpha value is -1.80. The summed E-state index contributed by atoms with van der Waals surface area (Å²) in [5.74, 6) is 0.737. The summed E-state index contributed by atoms with van der Waals surface area (Å²) in [5, 5.41) is 0.561. The zero-order chi connectivity index (χ0) is 13.1. The highest BCUT2D eigenvalue weighted by molar-refractivity contribution is 6.31. The van der Waals surface area contributed by atoms with Crippen LogP contribution in [0.5, 0.6) is 5.75 Å². The Labute approximate surface area is 111 Å². The van der Waals surface area contributed by atoms with Crippen LogP contribution in [0.1, 0.15) is 21.5 Å². The number of halogens is 1. The van der Waals surface area contributed by atoms with Crippen LogP contribution in [0.4, 0.5) is 0 Å². The Bertz CT molecular complexity index is 591. The molecule has 0 N–H and O–H groups in total. The van der Waals surface area contributed by atoms with Crippen LogP contribution in [0, 0.1) is 6.92 Å².